The Morgan fingerprint density at radius 3 is 2.27 bits per heavy atom. The Morgan fingerprint density at radius 2 is 1.63 bits per heavy atom. The summed E-state index contributed by atoms with van der Waals surface area (Å²) >= 11 is 7.52. The molecule has 2 amide bonds. The second kappa shape index (κ2) is 9.41. The van der Waals surface area contributed by atoms with Gasteiger partial charge in [0, 0.05) is 34.1 Å². The van der Waals surface area contributed by atoms with Crippen LogP contribution in [0.15, 0.2) is 36.4 Å². The van der Waals surface area contributed by atoms with Gasteiger partial charge in [0.1, 0.15) is 5.01 Å². The predicted molar refractivity (Wildman–Crippen MR) is 123 cm³/mol. The molecule has 3 rings (SSSR count). The van der Waals surface area contributed by atoms with Crippen LogP contribution in [-0.2, 0) is 16.0 Å². The molecule has 0 saturated carbocycles. The highest BCUT2D eigenvalue weighted by atomic mass is 35.5. The number of nitrogens with one attached hydrogen (secondary N) is 2. The lowest BCUT2D eigenvalue weighted by Gasteiger charge is -2.12. The summed E-state index contributed by atoms with van der Waals surface area (Å²) < 4.78 is 0. The van der Waals surface area contributed by atoms with Crippen molar-refractivity contribution in [3.63, 3.8) is 0 Å². The Morgan fingerprint density at radius 1 is 1.00 bits per heavy atom. The lowest BCUT2D eigenvalue weighted by molar-refractivity contribution is -0.136. The third kappa shape index (κ3) is 5.26. The zero-order valence-electron chi connectivity index (χ0n) is 17.4. The first-order valence-electron chi connectivity index (χ1n) is 9.64. The van der Waals surface area contributed by atoms with Gasteiger partial charge in [-0.15, -0.1) is 11.3 Å². The standard InChI is InChI=1S/C23H24ClN3O2S/c1-13-11-14(2)20(15(3)12-13)27-22(29)21(28)25-10-9-19-16(4)26-23(30-19)17-5-7-18(24)8-6-17/h5-8,11-12H,9-10H2,1-4H3,(H,25,28)(H,27,29). The van der Waals surface area contributed by atoms with E-state index in [4.69, 9.17) is 11.6 Å². The lowest BCUT2D eigenvalue weighted by Crippen LogP contribution is -2.36. The van der Waals surface area contributed by atoms with E-state index < -0.39 is 11.8 Å². The van der Waals surface area contributed by atoms with Gasteiger partial charge in [-0.25, -0.2) is 4.98 Å². The van der Waals surface area contributed by atoms with Gasteiger partial charge in [-0.05, 0) is 51.0 Å². The molecule has 5 nitrogen and oxygen atoms in total. The number of aromatic nitrogens is 1. The summed E-state index contributed by atoms with van der Waals surface area (Å²) in [6, 6.07) is 11.5. The smallest absolute Gasteiger partial charge is 0.313 e. The molecule has 0 bridgehead atoms. The maximum atomic E-state index is 12.3. The minimum Gasteiger partial charge on any atom is -0.347 e. The van der Waals surface area contributed by atoms with Crippen LogP contribution in [0.2, 0.25) is 5.02 Å². The minimum absolute atomic E-state index is 0.362. The maximum Gasteiger partial charge on any atom is 0.313 e. The number of aryl methyl sites for hydroxylation is 4. The molecular weight excluding hydrogens is 418 g/mol. The molecule has 0 saturated heterocycles. The normalized spacial score (nSPS) is 10.7. The monoisotopic (exact) mass is 441 g/mol. The van der Waals surface area contributed by atoms with E-state index >= 15 is 0 Å². The van der Waals surface area contributed by atoms with E-state index in [1.165, 1.54) is 0 Å². The molecular formula is C23H24ClN3O2S. The largest absolute Gasteiger partial charge is 0.347 e. The highest BCUT2D eigenvalue weighted by Gasteiger charge is 2.16. The van der Waals surface area contributed by atoms with E-state index in [0.717, 1.165) is 37.8 Å². The average Bonchev–Trinajstić information content (AvgIpc) is 3.05. The first kappa shape index (κ1) is 22.0. The molecule has 0 aliphatic heterocycles. The Hall–Kier alpha value is -2.70. The average molecular weight is 442 g/mol. The van der Waals surface area contributed by atoms with Crippen LogP contribution in [0, 0.1) is 27.7 Å². The molecule has 3 aromatic rings. The highest BCUT2D eigenvalue weighted by Crippen LogP contribution is 2.29. The number of benzene rings is 2. The zero-order valence-corrected chi connectivity index (χ0v) is 19.0. The molecule has 2 N–H and O–H groups in total. The number of nitrogens with zero attached hydrogens (tertiary/aromatic N) is 1. The van der Waals surface area contributed by atoms with Gasteiger partial charge in [-0.2, -0.15) is 0 Å². The Bertz CT molecular complexity index is 1070. The highest BCUT2D eigenvalue weighted by molar-refractivity contribution is 7.15. The number of rotatable bonds is 5. The van der Waals surface area contributed by atoms with Crippen molar-refractivity contribution in [1.82, 2.24) is 10.3 Å². The van der Waals surface area contributed by atoms with Crippen LogP contribution in [0.1, 0.15) is 27.3 Å². The van der Waals surface area contributed by atoms with Crippen molar-refractivity contribution >= 4 is 40.4 Å². The summed E-state index contributed by atoms with van der Waals surface area (Å²) in [5.41, 5.74) is 5.60. The van der Waals surface area contributed by atoms with Crippen LogP contribution in [0.3, 0.4) is 0 Å². The summed E-state index contributed by atoms with van der Waals surface area (Å²) in [5, 5.41) is 7.02. The number of carbonyl (C=O) groups excluding carboxylic acids is 2. The van der Waals surface area contributed by atoms with Crippen molar-refractivity contribution in [3.8, 4) is 10.6 Å². The number of carbonyl (C=O) groups is 2. The third-order valence-electron chi connectivity index (χ3n) is 4.74. The SMILES string of the molecule is Cc1cc(C)c(NC(=O)C(=O)NCCc2sc(-c3ccc(Cl)cc3)nc2C)c(C)c1. The van der Waals surface area contributed by atoms with E-state index in [1.807, 2.05) is 64.1 Å². The second-order valence-electron chi connectivity index (χ2n) is 7.27. The summed E-state index contributed by atoms with van der Waals surface area (Å²) in [6.07, 6.45) is 0.610. The number of hydrogen-bond acceptors (Lipinski definition) is 4. The first-order valence-corrected chi connectivity index (χ1v) is 10.8. The van der Waals surface area contributed by atoms with Gasteiger partial charge in [0.05, 0.1) is 5.69 Å². The van der Waals surface area contributed by atoms with Gasteiger partial charge < -0.3 is 10.6 Å². The molecule has 0 aliphatic carbocycles. The fourth-order valence-electron chi connectivity index (χ4n) is 3.29. The van der Waals surface area contributed by atoms with Crippen LogP contribution in [-0.4, -0.2) is 23.3 Å². The van der Waals surface area contributed by atoms with Gasteiger partial charge in [0.15, 0.2) is 0 Å². The van der Waals surface area contributed by atoms with Crippen molar-refractivity contribution in [3.05, 3.63) is 68.7 Å². The van der Waals surface area contributed by atoms with Crippen molar-refractivity contribution < 1.29 is 9.59 Å². The molecule has 156 valence electrons. The van der Waals surface area contributed by atoms with Gasteiger partial charge in [0.2, 0.25) is 0 Å². The Kier molecular flexibility index (Phi) is 6.90. The number of thiazole rings is 1. The first-order chi connectivity index (χ1) is 14.2. The van der Waals surface area contributed by atoms with Crippen LogP contribution in [0.25, 0.3) is 10.6 Å². The minimum atomic E-state index is -0.659. The van der Waals surface area contributed by atoms with Crippen LogP contribution in [0.4, 0.5) is 5.69 Å². The van der Waals surface area contributed by atoms with Gasteiger partial charge in [0.25, 0.3) is 0 Å². The molecule has 0 fully saturated rings. The van der Waals surface area contributed by atoms with Gasteiger partial charge >= 0.3 is 11.8 Å². The predicted octanol–water partition coefficient (Wildman–Crippen LogP) is 4.99. The van der Waals surface area contributed by atoms with Gasteiger partial charge in [-0.3, -0.25) is 9.59 Å². The van der Waals surface area contributed by atoms with Crippen molar-refractivity contribution in [2.45, 2.75) is 34.1 Å². The fraction of sp³-hybridized carbons (Fsp3) is 0.261. The van der Waals surface area contributed by atoms with E-state index in [-0.39, 0.29) is 0 Å². The fourth-order valence-corrected chi connectivity index (χ4v) is 4.49. The maximum absolute atomic E-state index is 12.3. The summed E-state index contributed by atoms with van der Waals surface area (Å²) in [4.78, 5) is 30.2. The molecule has 1 aromatic heterocycles. The van der Waals surface area contributed by atoms with Gasteiger partial charge in [-0.1, -0.05) is 41.4 Å². The molecule has 0 spiro atoms. The molecule has 0 aliphatic rings. The molecule has 2 aromatic carbocycles. The molecule has 0 atom stereocenters. The molecule has 0 radical (unpaired) electrons. The number of anilines is 1. The summed E-state index contributed by atoms with van der Waals surface area (Å²) in [6.45, 7) is 8.14. The quantitative estimate of drug-likeness (QED) is 0.547. The number of hydrogen-bond donors (Lipinski definition) is 2. The van der Waals surface area contributed by atoms with E-state index in [9.17, 15) is 9.59 Å². The molecule has 30 heavy (non-hydrogen) atoms. The Balaban J connectivity index is 1.57. The molecule has 1 heterocycles. The molecule has 0 unspecified atom stereocenters. The van der Waals surface area contributed by atoms with E-state index in [1.54, 1.807) is 11.3 Å². The van der Waals surface area contributed by atoms with Crippen molar-refractivity contribution in [2.75, 3.05) is 11.9 Å². The summed E-state index contributed by atoms with van der Waals surface area (Å²) in [7, 11) is 0. The Labute approximate surface area is 185 Å². The number of amides is 2. The van der Waals surface area contributed by atoms with Crippen molar-refractivity contribution in [2.24, 2.45) is 0 Å². The van der Waals surface area contributed by atoms with E-state index in [0.29, 0.717) is 23.7 Å². The van der Waals surface area contributed by atoms with E-state index in [2.05, 4.69) is 15.6 Å². The second-order valence-corrected chi connectivity index (χ2v) is 8.79. The topological polar surface area (TPSA) is 71.1 Å². The van der Waals surface area contributed by atoms with Crippen LogP contribution < -0.4 is 10.6 Å². The third-order valence-corrected chi connectivity index (χ3v) is 6.26. The van der Waals surface area contributed by atoms with Crippen LogP contribution in [0.5, 0.6) is 0 Å². The summed E-state index contributed by atoms with van der Waals surface area (Å²) in [5.74, 6) is -1.30. The number of halogens is 1. The zero-order chi connectivity index (χ0) is 21.8. The van der Waals surface area contributed by atoms with Crippen LogP contribution >= 0.6 is 22.9 Å². The molecule has 7 heteroatoms. The van der Waals surface area contributed by atoms with Crippen molar-refractivity contribution in [1.29, 1.82) is 0 Å². The lowest BCUT2D eigenvalue weighted by atomic mass is 10.1.